The molecule has 1 saturated heterocycles. The molecule has 6 heteroatoms. The third-order valence-electron chi connectivity index (χ3n) is 3.26. The molecule has 1 unspecified atom stereocenters. The predicted molar refractivity (Wildman–Crippen MR) is 74.4 cm³/mol. The maximum absolute atomic E-state index is 5.83. The number of hydrogen-bond acceptors (Lipinski definition) is 6. The summed E-state index contributed by atoms with van der Waals surface area (Å²) >= 11 is 0. The van der Waals surface area contributed by atoms with Crippen molar-refractivity contribution in [2.75, 3.05) is 25.1 Å². The van der Waals surface area contributed by atoms with Crippen molar-refractivity contribution in [3.8, 4) is 0 Å². The van der Waals surface area contributed by atoms with Crippen LogP contribution in [0.1, 0.15) is 31.9 Å². The zero-order chi connectivity index (χ0) is 13.5. The molecule has 6 nitrogen and oxygen atoms in total. The Morgan fingerprint density at radius 2 is 2.37 bits per heavy atom. The number of piperidine rings is 1. The quantitative estimate of drug-likeness (QED) is 0.593. The predicted octanol–water partition coefficient (Wildman–Crippen LogP) is 1.15. The Balaban J connectivity index is 1.83. The third-order valence-corrected chi connectivity index (χ3v) is 3.26. The lowest BCUT2D eigenvalue weighted by atomic mass is 10.1. The summed E-state index contributed by atoms with van der Waals surface area (Å²) in [4.78, 5) is 10.9. The van der Waals surface area contributed by atoms with Gasteiger partial charge in [0, 0.05) is 19.7 Å². The monoisotopic (exact) mass is 265 g/mol. The molecule has 1 aromatic heterocycles. The Hall–Kier alpha value is -1.24. The highest BCUT2D eigenvalue weighted by molar-refractivity contribution is 5.28. The van der Waals surface area contributed by atoms with Crippen molar-refractivity contribution in [2.24, 2.45) is 5.84 Å². The van der Waals surface area contributed by atoms with Crippen molar-refractivity contribution < 1.29 is 4.74 Å². The highest BCUT2D eigenvalue weighted by Gasteiger charge is 2.20. The maximum atomic E-state index is 5.83. The smallest absolute Gasteiger partial charge is 0.158 e. The summed E-state index contributed by atoms with van der Waals surface area (Å²) in [7, 11) is 0. The van der Waals surface area contributed by atoms with Gasteiger partial charge in [0.15, 0.2) is 5.82 Å². The van der Waals surface area contributed by atoms with Gasteiger partial charge in [0.25, 0.3) is 0 Å². The highest BCUT2D eigenvalue weighted by Crippen LogP contribution is 2.15. The van der Waals surface area contributed by atoms with E-state index in [1.807, 2.05) is 0 Å². The number of ether oxygens (including phenoxy) is 1. The lowest BCUT2D eigenvalue weighted by Crippen LogP contribution is -2.39. The van der Waals surface area contributed by atoms with Gasteiger partial charge in [-0.25, -0.2) is 10.8 Å². The second kappa shape index (κ2) is 7.37. The first-order valence-electron chi connectivity index (χ1n) is 6.93. The van der Waals surface area contributed by atoms with E-state index in [9.17, 15) is 0 Å². The van der Waals surface area contributed by atoms with Gasteiger partial charge in [-0.05, 0) is 25.8 Å². The Kier molecular flexibility index (Phi) is 5.50. The first kappa shape index (κ1) is 14.2. The van der Waals surface area contributed by atoms with Crippen LogP contribution in [0.15, 0.2) is 12.4 Å². The number of hydrazine groups is 1. The summed E-state index contributed by atoms with van der Waals surface area (Å²) in [5.74, 6) is 5.86. The fraction of sp³-hybridized carbons (Fsp3) is 0.692. The van der Waals surface area contributed by atoms with Crippen molar-refractivity contribution in [3.63, 3.8) is 0 Å². The van der Waals surface area contributed by atoms with Crippen LogP contribution in [0.2, 0.25) is 0 Å². The maximum Gasteiger partial charge on any atom is 0.158 e. The minimum Gasteiger partial charge on any atom is -0.377 e. The molecule has 1 aliphatic rings. The molecule has 106 valence electrons. The van der Waals surface area contributed by atoms with E-state index in [0.29, 0.717) is 11.9 Å². The van der Waals surface area contributed by atoms with Gasteiger partial charge in [0.05, 0.1) is 24.2 Å². The number of nitrogen functional groups attached to an aromatic ring is 1. The molecule has 0 bridgehead atoms. The second-order valence-electron chi connectivity index (χ2n) is 4.91. The van der Waals surface area contributed by atoms with Gasteiger partial charge >= 0.3 is 0 Å². The van der Waals surface area contributed by atoms with E-state index in [2.05, 4.69) is 27.2 Å². The van der Waals surface area contributed by atoms with E-state index in [-0.39, 0.29) is 0 Å². The fourth-order valence-electron chi connectivity index (χ4n) is 2.32. The van der Waals surface area contributed by atoms with E-state index in [4.69, 9.17) is 10.6 Å². The first-order valence-corrected chi connectivity index (χ1v) is 6.93. The molecular formula is C13H23N5O. The summed E-state index contributed by atoms with van der Waals surface area (Å²) in [6.45, 7) is 5.91. The zero-order valence-electron chi connectivity index (χ0n) is 11.5. The molecule has 0 radical (unpaired) electrons. The van der Waals surface area contributed by atoms with Crippen LogP contribution in [0.3, 0.4) is 0 Å². The SMILES string of the molecule is CCCOC1CCCN(Cc2cnc(NN)cn2)C1. The van der Waals surface area contributed by atoms with E-state index < -0.39 is 0 Å². The molecule has 1 aromatic rings. The molecule has 0 aromatic carbocycles. The summed E-state index contributed by atoms with van der Waals surface area (Å²) in [6, 6.07) is 0. The molecule has 0 aliphatic carbocycles. The van der Waals surface area contributed by atoms with E-state index >= 15 is 0 Å². The lowest BCUT2D eigenvalue weighted by molar-refractivity contribution is -0.00254. The van der Waals surface area contributed by atoms with Gasteiger partial charge in [-0.1, -0.05) is 6.92 Å². The molecule has 3 N–H and O–H groups in total. The molecule has 19 heavy (non-hydrogen) atoms. The van der Waals surface area contributed by atoms with Gasteiger partial charge in [-0.15, -0.1) is 0 Å². The summed E-state index contributed by atoms with van der Waals surface area (Å²) in [5, 5.41) is 0. The zero-order valence-corrected chi connectivity index (χ0v) is 11.5. The van der Waals surface area contributed by atoms with Gasteiger partial charge in [0.1, 0.15) is 0 Å². The average Bonchev–Trinajstić information content (AvgIpc) is 2.46. The molecule has 0 spiro atoms. The normalized spacial score (nSPS) is 20.4. The topological polar surface area (TPSA) is 76.3 Å². The number of rotatable bonds is 6. The van der Waals surface area contributed by atoms with Crippen LogP contribution in [0.25, 0.3) is 0 Å². The van der Waals surface area contributed by atoms with Gasteiger partial charge in [0.2, 0.25) is 0 Å². The van der Waals surface area contributed by atoms with Crippen LogP contribution in [0.4, 0.5) is 5.82 Å². The average molecular weight is 265 g/mol. The number of nitrogens with two attached hydrogens (primary N) is 1. The Morgan fingerprint density at radius 1 is 1.47 bits per heavy atom. The van der Waals surface area contributed by atoms with Crippen LogP contribution in [0, 0.1) is 0 Å². The third kappa shape index (κ3) is 4.41. The Bertz CT molecular complexity index is 370. The van der Waals surface area contributed by atoms with Crippen molar-refractivity contribution >= 4 is 5.82 Å². The van der Waals surface area contributed by atoms with Crippen molar-refractivity contribution in [2.45, 2.75) is 38.8 Å². The standard InChI is InChI=1S/C13H23N5O/c1-2-6-19-12-4-3-5-18(10-12)9-11-7-16-13(17-14)8-15-11/h7-8,12H,2-6,9-10,14H2,1H3,(H,16,17). The van der Waals surface area contributed by atoms with E-state index in [1.165, 1.54) is 6.42 Å². The molecule has 2 rings (SSSR count). The lowest BCUT2D eigenvalue weighted by Gasteiger charge is -2.32. The van der Waals surface area contributed by atoms with Crippen molar-refractivity contribution in [3.05, 3.63) is 18.1 Å². The molecule has 2 heterocycles. The van der Waals surface area contributed by atoms with Gasteiger partial charge < -0.3 is 10.2 Å². The molecule has 1 aliphatic heterocycles. The number of nitrogens with zero attached hydrogens (tertiary/aromatic N) is 3. The van der Waals surface area contributed by atoms with Crippen LogP contribution in [-0.2, 0) is 11.3 Å². The minimum absolute atomic E-state index is 0.367. The molecule has 0 saturated carbocycles. The minimum atomic E-state index is 0.367. The Morgan fingerprint density at radius 3 is 3.05 bits per heavy atom. The number of hydrogen-bond donors (Lipinski definition) is 2. The largest absolute Gasteiger partial charge is 0.377 e. The first-order chi connectivity index (χ1) is 9.31. The highest BCUT2D eigenvalue weighted by atomic mass is 16.5. The number of likely N-dealkylation sites (tertiary alicyclic amines) is 1. The fourth-order valence-corrected chi connectivity index (χ4v) is 2.32. The second-order valence-corrected chi connectivity index (χ2v) is 4.91. The molecule has 1 fully saturated rings. The molecule has 1 atom stereocenters. The van der Waals surface area contributed by atoms with Gasteiger partial charge in [-0.2, -0.15) is 0 Å². The summed E-state index contributed by atoms with van der Waals surface area (Å²) in [6.07, 6.45) is 7.22. The van der Waals surface area contributed by atoms with E-state index in [1.54, 1.807) is 12.4 Å². The van der Waals surface area contributed by atoms with E-state index in [0.717, 1.165) is 44.8 Å². The molecule has 0 amide bonds. The number of aromatic nitrogens is 2. The van der Waals surface area contributed by atoms with Crippen LogP contribution in [0.5, 0.6) is 0 Å². The molecular weight excluding hydrogens is 242 g/mol. The number of nitrogens with one attached hydrogen (secondary N) is 1. The summed E-state index contributed by atoms with van der Waals surface area (Å²) < 4.78 is 5.83. The van der Waals surface area contributed by atoms with Crippen molar-refractivity contribution in [1.82, 2.24) is 14.9 Å². The Labute approximate surface area is 114 Å². The van der Waals surface area contributed by atoms with Crippen molar-refractivity contribution in [1.29, 1.82) is 0 Å². The van der Waals surface area contributed by atoms with Crippen LogP contribution in [-0.4, -0.2) is 40.7 Å². The number of anilines is 1. The van der Waals surface area contributed by atoms with Gasteiger partial charge in [-0.3, -0.25) is 9.88 Å². The van der Waals surface area contributed by atoms with Crippen LogP contribution >= 0.6 is 0 Å². The van der Waals surface area contributed by atoms with Crippen LogP contribution < -0.4 is 11.3 Å². The summed E-state index contributed by atoms with van der Waals surface area (Å²) in [5.41, 5.74) is 3.45.